The van der Waals surface area contributed by atoms with Crippen LogP contribution in [0.3, 0.4) is 0 Å². The Balaban J connectivity index is 1.48. The SMILES string of the molecule is CCCN(Cc1nnc(-c2ccco2)o1)C(=O)CSCC(=O)Nc1cc(C)on1. The number of anilines is 1. The summed E-state index contributed by atoms with van der Waals surface area (Å²) in [5.74, 6) is 1.94. The summed E-state index contributed by atoms with van der Waals surface area (Å²) >= 11 is 1.22. The highest BCUT2D eigenvalue weighted by molar-refractivity contribution is 8.00. The number of rotatable bonds is 10. The Bertz CT molecular complexity index is 936. The van der Waals surface area contributed by atoms with E-state index in [2.05, 4.69) is 20.7 Å². The number of thioether (sulfide) groups is 1. The first-order valence-electron chi connectivity index (χ1n) is 9.00. The minimum absolute atomic E-state index is 0.111. The van der Waals surface area contributed by atoms with E-state index in [1.54, 1.807) is 30.0 Å². The normalized spacial score (nSPS) is 10.8. The largest absolute Gasteiger partial charge is 0.459 e. The highest BCUT2D eigenvalue weighted by Crippen LogP contribution is 2.19. The molecule has 0 fully saturated rings. The van der Waals surface area contributed by atoms with E-state index in [9.17, 15) is 9.59 Å². The molecule has 0 aliphatic rings. The zero-order chi connectivity index (χ0) is 20.6. The van der Waals surface area contributed by atoms with Crippen molar-refractivity contribution < 1.29 is 22.9 Å². The fraction of sp³-hybridized carbons (Fsp3) is 0.389. The van der Waals surface area contributed by atoms with Gasteiger partial charge in [-0.2, -0.15) is 0 Å². The molecule has 3 aromatic rings. The predicted molar refractivity (Wildman–Crippen MR) is 105 cm³/mol. The number of furan rings is 1. The van der Waals surface area contributed by atoms with E-state index >= 15 is 0 Å². The van der Waals surface area contributed by atoms with E-state index in [0.29, 0.717) is 29.8 Å². The van der Waals surface area contributed by atoms with E-state index in [1.165, 1.54) is 18.0 Å². The molecule has 3 heterocycles. The van der Waals surface area contributed by atoms with Gasteiger partial charge in [-0.05, 0) is 25.5 Å². The van der Waals surface area contributed by atoms with Crippen LogP contribution >= 0.6 is 11.8 Å². The Kier molecular flexibility index (Phi) is 7.06. The summed E-state index contributed by atoms with van der Waals surface area (Å²) in [6.07, 6.45) is 2.30. The molecule has 0 saturated carbocycles. The van der Waals surface area contributed by atoms with Crippen LogP contribution in [0.15, 0.2) is 37.8 Å². The van der Waals surface area contributed by atoms with Gasteiger partial charge in [0, 0.05) is 12.6 Å². The zero-order valence-electron chi connectivity index (χ0n) is 16.1. The molecule has 11 heteroatoms. The van der Waals surface area contributed by atoms with E-state index in [0.717, 1.165) is 6.42 Å². The maximum atomic E-state index is 12.6. The van der Waals surface area contributed by atoms with Gasteiger partial charge in [0.15, 0.2) is 11.6 Å². The molecule has 0 unspecified atom stereocenters. The fourth-order valence-electron chi connectivity index (χ4n) is 2.47. The molecule has 0 aliphatic heterocycles. The number of amides is 2. The summed E-state index contributed by atoms with van der Waals surface area (Å²) in [7, 11) is 0. The minimum atomic E-state index is -0.252. The maximum absolute atomic E-state index is 12.6. The lowest BCUT2D eigenvalue weighted by Gasteiger charge is -2.20. The lowest BCUT2D eigenvalue weighted by atomic mass is 10.4. The third-order valence-electron chi connectivity index (χ3n) is 3.73. The van der Waals surface area contributed by atoms with E-state index in [1.807, 2.05) is 6.92 Å². The molecule has 3 aromatic heterocycles. The molecular formula is C18H21N5O5S. The van der Waals surface area contributed by atoms with Crippen LogP contribution in [-0.4, -0.2) is 50.1 Å². The number of hydrogen-bond donors (Lipinski definition) is 1. The topological polar surface area (TPSA) is 128 Å². The highest BCUT2D eigenvalue weighted by atomic mass is 32.2. The standard InChI is InChI=1S/C18H21N5O5S/c1-3-6-23(9-16-20-21-18(27-16)13-5-4-7-26-13)17(25)11-29-10-15(24)19-14-8-12(2)28-22-14/h4-5,7-8H,3,6,9-11H2,1-2H3,(H,19,22,24). The summed E-state index contributed by atoms with van der Waals surface area (Å²) in [4.78, 5) is 26.1. The summed E-state index contributed by atoms with van der Waals surface area (Å²) in [6, 6.07) is 5.07. The average Bonchev–Trinajstić information content (AvgIpc) is 3.43. The molecule has 0 bridgehead atoms. The maximum Gasteiger partial charge on any atom is 0.283 e. The van der Waals surface area contributed by atoms with E-state index in [-0.39, 0.29) is 35.8 Å². The van der Waals surface area contributed by atoms with Gasteiger partial charge in [0.05, 0.1) is 24.3 Å². The highest BCUT2D eigenvalue weighted by Gasteiger charge is 2.18. The number of carbonyl (C=O) groups excluding carboxylic acids is 2. The van der Waals surface area contributed by atoms with Crippen molar-refractivity contribution in [3.8, 4) is 11.7 Å². The van der Waals surface area contributed by atoms with Crippen LogP contribution in [0, 0.1) is 6.92 Å². The van der Waals surface area contributed by atoms with Gasteiger partial charge in [-0.3, -0.25) is 9.59 Å². The first kappa shape index (κ1) is 20.6. The van der Waals surface area contributed by atoms with Crippen LogP contribution in [0.1, 0.15) is 25.0 Å². The first-order valence-corrected chi connectivity index (χ1v) is 10.2. The third kappa shape index (κ3) is 5.95. The molecule has 0 saturated heterocycles. The number of hydrogen-bond acceptors (Lipinski definition) is 9. The van der Waals surface area contributed by atoms with Gasteiger partial charge in [0.2, 0.25) is 17.7 Å². The van der Waals surface area contributed by atoms with Crippen molar-refractivity contribution in [2.75, 3.05) is 23.4 Å². The Hall–Kier alpha value is -3.08. The molecule has 154 valence electrons. The van der Waals surface area contributed by atoms with E-state index in [4.69, 9.17) is 13.4 Å². The Morgan fingerprint density at radius 2 is 2.14 bits per heavy atom. The second-order valence-corrected chi connectivity index (χ2v) is 7.14. The lowest BCUT2D eigenvalue weighted by molar-refractivity contribution is -0.129. The summed E-state index contributed by atoms with van der Waals surface area (Å²) in [5.41, 5.74) is 0. The van der Waals surface area contributed by atoms with Crippen LogP contribution in [0.25, 0.3) is 11.7 Å². The van der Waals surface area contributed by atoms with Gasteiger partial charge in [0.25, 0.3) is 5.89 Å². The molecule has 10 nitrogen and oxygen atoms in total. The number of carbonyl (C=O) groups is 2. The quantitative estimate of drug-likeness (QED) is 0.527. The van der Waals surface area contributed by atoms with Crippen molar-refractivity contribution in [2.24, 2.45) is 0 Å². The van der Waals surface area contributed by atoms with Crippen molar-refractivity contribution in [1.82, 2.24) is 20.3 Å². The van der Waals surface area contributed by atoms with Crippen LogP contribution < -0.4 is 5.32 Å². The molecule has 3 rings (SSSR count). The third-order valence-corrected chi connectivity index (χ3v) is 4.64. The van der Waals surface area contributed by atoms with Gasteiger partial charge in [-0.1, -0.05) is 12.1 Å². The van der Waals surface area contributed by atoms with Gasteiger partial charge in [-0.15, -0.1) is 22.0 Å². The molecule has 0 spiro atoms. The van der Waals surface area contributed by atoms with Crippen LogP contribution in [-0.2, 0) is 16.1 Å². The molecule has 0 radical (unpaired) electrons. The van der Waals surface area contributed by atoms with Crippen molar-refractivity contribution in [3.63, 3.8) is 0 Å². The monoisotopic (exact) mass is 419 g/mol. The Morgan fingerprint density at radius 3 is 2.83 bits per heavy atom. The van der Waals surface area contributed by atoms with Gasteiger partial charge in [-0.25, -0.2) is 0 Å². The molecule has 2 amide bonds. The van der Waals surface area contributed by atoms with Crippen LogP contribution in [0.5, 0.6) is 0 Å². The number of aromatic nitrogens is 3. The Morgan fingerprint density at radius 1 is 1.28 bits per heavy atom. The Labute approximate surface area is 171 Å². The van der Waals surface area contributed by atoms with Crippen molar-refractivity contribution >= 4 is 29.4 Å². The summed E-state index contributed by atoms with van der Waals surface area (Å²) in [6.45, 7) is 4.45. The fourth-order valence-corrected chi connectivity index (χ4v) is 3.19. The summed E-state index contributed by atoms with van der Waals surface area (Å²) < 4.78 is 15.7. The van der Waals surface area contributed by atoms with Gasteiger partial charge in [0.1, 0.15) is 5.76 Å². The van der Waals surface area contributed by atoms with Gasteiger partial charge >= 0.3 is 0 Å². The van der Waals surface area contributed by atoms with Crippen LogP contribution in [0.2, 0.25) is 0 Å². The second-order valence-electron chi connectivity index (χ2n) is 6.16. The molecule has 0 aliphatic carbocycles. The molecule has 0 aromatic carbocycles. The van der Waals surface area contributed by atoms with Crippen molar-refractivity contribution in [3.05, 3.63) is 36.1 Å². The van der Waals surface area contributed by atoms with E-state index < -0.39 is 0 Å². The molecule has 29 heavy (non-hydrogen) atoms. The zero-order valence-corrected chi connectivity index (χ0v) is 16.9. The van der Waals surface area contributed by atoms with Crippen molar-refractivity contribution in [2.45, 2.75) is 26.8 Å². The molecular weight excluding hydrogens is 398 g/mol. The molecule has 0 atom stereocenters. The number of nitrogens with one attached hydrogen (secondary N) is 1. The summed E-state index contributed by atoms with van der Waals surface area (Å²) in [5, 5.41) is 14.2. The lowest BCUT2D eigenvalue weighted by Crippen LogP contribution is -2.33. The second kappa shape index (κ2) is 9.92. The van der Waals surface area contributed by atoms with Crippen LogP contribution in [0.4, 0.5) is 5.82 Å². The minimum Gasteiger partial charge on any atom is -0.459 e. The molecule has 1 N–H and O–H groups in total. The predicted octanol–water partition coefficient (Wildman–Crippen LogP) is 2.74. The number of nitrogens with zero attached hydrogens (tertiary/aromatic N) is 4. The number of aryl methyl sites for hydroxylation is 1. The first-order chi connectivity index (χ1) is 14.0. The average molecular weight is 419 g/mol. The van der Waals surface area contributed by atoms with Gasteiger partial charge < -0.3 is 23.6 Å². The smallest absolute Gasteiger partial charge is 0.283 e. The van der Waals surface area contributed by atoms with Crippen molar-refractivity contribution in [1.29, 1.82) is 0 Å².